The molecule has 4 N–H and O–H groups in total. The van der Waals surface area contributed by atoms with Crippen LogP contribution in [0, 0.1) is 11.8 Å². The standard InChI is InChI=1S/C27H39N7O2/c1-2-23(33-17-20-5-6-22(28)16-21(20)18-33)15-19-3-7-24(8-4-19)34-12-9-25(31-27(34)36)30-26(35)32-13-10-29-11-14-32/h3-4,7-9,12,20-23,29H,2,5-6,10-11,13-18,28H2,1H3,(H,30,31,35,36). The quantitative estimate of drug-likeness (QED) is 0.568. The molecule has 2 aliphatic heterocycles. The van der Waals surface area contributed by atoms with Crippen molar-refractivity contribution >= 4 is 11.8 Å². The lowest BCUT2D eigenvalue weighted by atomic mass is 9.79. The Bertz CT molecular complexity index is 1100. The van der Waals surface area contributed by atoms with Crippen molar-refractivity contribution in [3.05, 3.63) is 52.6 Å². The van der Waals surface area contributed by atoms with Crippen molar-refractivity contribution in [3.63, 3.8) is 0 Å². The van der Waals surface area contributed by atoms with Crippen molar-refractivity contribution in [1.29, 1.82) is 0 Å². The summed E-state index contributed by atoms with van der Waals surface area (Å²) < 4.78 is 1.51. The summed E-state index contributed by atoms with van der Waals surface area (Å²) in [5, 5.41) is 5.95. The molecule has 3 aliphatic rings. The van der Waals surface area contributed by atoms with Crippen LogP contribution in [0.2, 0.25) is 0 Å². The third-order valence-corrected chi connectivity index (χ3v) is 8.23. The van der Waals surface area contributed by atoms with Gasteiger partial charge in [0.15, 0.2) is 0 Å². The number of carbonyl (C=O) groups excluding carboxylic acids is 1. The Balaban J connectivity index is 1.20. The van der Waals surface area contributed by atoms with E-state index in [1.807, 2.05) is 12.1 Å². The van der Waals surface area contributed by atoms with Crippen LogP contribution in [0.4, 0.5) is 10.6 Å². The minimum Gasteiger partial charge on any atom is -0.328 e. The van der Waals surface area contributed by atoms with Crippen LogP contribution in [-0.2, 0) is 6.42 Å². The molecule has 2 aromatic rings. The highest BCUT2D eigenvalue weighted by atomic mass is 16.2. The van der Waals surface area contributed by atoms with Gasteiger partial charge < -0.3 is 16.0 Å². The molecule has 0 radical (unpaired) electrons. The molecule has 36 heavy (non-hydrogen) atoms. The highest BCUT2D eigenvalue weighted by molar-refractivity contribution is 5.88. The maximum atomic E-state index is 12.7. The normalized spacial score (nSPS) is 25.4. The third-order valence-electron chi connectivity index (χ3n) is 8.23. The molecule has 1 aromatic carbocycles. The zero-order chi connectivity index (χ0) is 25.1. The highest BCUT2D eigenvalue weighted by Gasteiger charge is 2.38. The Kier molecular flexibility index (Phi) is 7.69. The summed E-state index contributed by atoms with van der Waals surface area (Å²) in [5.41, 5.74) is 7.86. The molecule has 4 unspecified atom stereocenters. The number of urea groups is 1. The van der Waals surface area contributed by atoms with Crippen LogP contribution in [0.25, 0.3) is 5.69 Å². The number of benzene rings is 1. The number of fused-ring (bicyclic) bond motifs is 1. The Morgan fingerprint density at radius 1 is 1.14 bits per heavy atom. The molecule has 2 saturated heterocycles. The number of nitrogens with zero attached hydrogens (tertiary/aromatic N) is 4. The Morgan fingerprint density at radius 3 is 2.61 bits per heavy atom. The average Bonchev–Trinajstić information content (AvgIpc) is 3.31. The molecule has 4 atom stereocenters. The molecule has 0 spiro atoms. The molecule has 194 valence electrons. The molecule has 3 fully saturated rings. The van der Waals surface area contributed by atoms with E-state index in [-0.39, 0.29) is 11.8 Å². The molecule has 1 aromatic heterocycles. The second-order valence-electron chi connectivity index (χ2n) is 10.6. The van der Waals surface area contributed by atoms with Gasteiger partial charge in [-0.1, -0.05) is 19.1 Å². The summed E-state index contributed by atoms with van der Waals surface area (Å²) in [6.45, 7) is 7.47. The zero-order valence-corrected chi connectivity index (χ0v) is 21.2. The number of nitrogens with two attached hydrogens (primary N) is 1. The van der Waals surface area contributed by atoms with Crippen LogP contribution in [0.1, 0.15) is 38.2 Å². The van der Waals surface area contributed by atoms with E-state index in [0.29, 0.717) is 25.2 Å². The predicted octanol–water partition coefficient (Wildman–Crippen LogP) is 2.05. The number of carbonyl (C=O) groups is 1. The van der Waals surface area contributed by atoms with E-state index in [1.54, 1.807) is 17.2 Å². The van der Waals surface area contributed by atoms with E-state index >= 15 is 0 Å². The maximum Gasteiger partial charge on any atom is 0.354 e. The molecule has 9 nitrogen and oxygen atoms in total. The van der Waals surface area contributed by atoms with Gasteiger partial charge in [0.1, 0.15) is 5.82 Å². The van der Waals surface area contributed by atoms with E-state index in [9.17, 15) is 9.59 Å². The Morgan fingerprint density at radius 2 is 1.89 bits per heavy atom. The van der Waals surface area contributed by atoms with Crippen LogP contribution < -0.4 is 22.1 Å². The van der Waals surface area contributed by atoms with E-state index < -0.39 is 5.69 Å². The molecular formula is C27H39N7O2. The fourth-order valence-corrected chi connectivity index (χ4v) is 6.12. The van der Waals surface area contributed by atoms with Crippen molar-refractivity contribution < 1.29 is 4.79 Å². The average molecular weight is 494 g/mol. The van der Waals surface area contributed by atoms with Crippen molar-refractivity contribution in [2.24, 2.45) is 17.6 Å². The number of hydrogen-bond acceptors (Lipinski definition) is 6. The first-order valence-corrected chi connectivity index (χ1v) is 13.5. The van der Waals surface area contributed by atoms with Gasteiger partial charge in [-0.05, 0) is 67.7 Å². The number of hydrogen-bond donors (Lipinski definition) is 3. The van der Waals surface area contributed by atoms with Crippen molar-refractivity contribution in [2.45, 2.75) is 51.1 Å². The summed E-state index contributed by atoms with van der Waals surface area (Å²) in [6, 6.07) is 10.5. The molecule has 2 amide bonds. The largest absolute Gasteiger partial charge is 0.354 e. The first-order chi connectivity index (χ1) is 17.5. The van der Waals surface area contributed by atoms with Gasteiger partial charge in [0.2, 0.25) is 0 Å². The summed E-state index contributed by atoms with van der Waals surface area (Å²) in [7, 11) is 0. The number of anilines is 1. The van der Waals surface area contributed by atoms with E-state index in [0.717, 1.165) is 43.5 Å². The van der Waals surface area contributed by atoms with E-state index in [1.165, 1.54) is 42.5 Å². The van der Waals surface area contributed by atoms with Crippen LogP contribution >= 0.6 is 0 Å². The molecular weight excluding hydrogens is 454 g/mol. The second kappa shape index (κ2) is 11.1. The summed E-state index contributed by atoms with van der Waals surface area (Å²) in [6.07, 6.45) is 7.42. The molecule has 0 bridgehead atoms. The Labute approximate surface area is 213 Å². The van der Waals surface area contributed by atoms with Gasteiger partial charge in [-0.3, -0.25) is 14.8 Å². The third kappa shape index (κ3) is 5.63. The topological polar surface area (TPSA) is 109 Å². The fourth-order valence-electron chi connectivity index (χ4n) is 6.12. The van der Waals surface area contributed by atoms with E-state index in [2.05, 4.69) is 39.6 Å². The number of nitrogens with one attached hydrogen (secondary N) is 2. The van der Waals surface area contributed by atoms with Crippen molar-refractivity contribution in [3.8, 4) is 5.69 Å². The lowest BCUT2D eigenvalue weighted by molar-refractivity contribution is 0.204. The summed E-state index contributed by atoms with van der Waals surface area (Å²) in [4.78, 5) is 33.6. The van der Waals surface area contributed by atoms with Gasteiger partial charge >= 0.3 is 11.7 Å². The molecule has 1 saturated carbocycles. The minimum absolute atomic E-state index is 0.226. The van der Waals surface area contributed by atoms with Gasteiger partial charge in [-0.2, -0.15) is 4.98 Å². The molecule has 9 heteroatoms. The first kappa shape index (κ1) is 24.9. The SMILES string of the molecule is CCC(Cc1ccc(-n2ccc(NC(=O)N3CCNCC3)nc2=O)cc1)N1CC2CCC(N)CC2C1. The predicted molar refractivity (Wildman–Crippen MR) is 141 cm³/mol. The van der Waals surface area contributed by atoms with Crippen molar-refractivity contribution in [1.82, 2.24) is 24.7 Å². The summed E-state index contributed by atoms with van der Waals surface area (Å²) in [5.74, 6) is 1.84. The molecule has 5 rings (SSSR count). The number of aromatic nitrogens is 2. The molecule has 3 heterocycles. The smallest absolute Gasteiger partial charge is 0.328 e. The number of amides is 2. The van der Waals surface area contributed by atoms with E-state index in [4.69, 9.17) is 5.73 Å². The lowest BCUT2D eigenvalue weighted by Crippen LogP contribution is -2.48. The van der Waals surface area contributed by atoms with Gasteiger partial charge in [-0.25, -0.2) is 9.59 Å². The summed E-state index contributed by atoms with van der Waals surface area (Å²) >= 11 is 0. The molecule has 1 aliphatic carbocycles. The number of likely N-dealkylation sites (tertiary alicyclic amines) is 1. The Hall–Kier alpha value is -2.75. The van der Waals surface area contributed by atoms with Crippen LogP contribution in [0.3, 0.4) is 0 Å². The highest BCUT2D eigenvalue weighted by Crippen LogP contribution is 2.37. The maximum absolute atomic E-state index is 12.7. The van der Waals surface area contributed by atoms with Crippen LogP contribution in [0.5, 0.6) is 0 Å². The van der Waals surface area contributed by atoms with Crippen LogP contribution in [-0.4, -0.2) is 76.7 Å². The number of rotatable bonds is 6. The second-order valence-corrected chi connectivity index (χ2v) is 10.6. The first-order valence-electron chi connectivity index (χ1n) is 13.5. The van der Waals surface area contributed by atoms with Gasteiger partial charge in [0.05, 0.1) is 5.69 Å². The van der Waals surface area contributed by atoms with Gasteiger partial charge in [0.25, 0.3) is 0 Å². The fraction of sp³-hybridized carbons (Fsp3) is 0.593. The lowest BCUT2D eigenvalue weighted by Gasteiger charge is -2.28. The monoisotopic (exact) mass is 493 g/mol. The number of piperazine rings is 1. The van der Waals surface area contributed by atoms with Gasteiger partial charge in [0, 0.05) is 57.5 Å². The zero-order valence-electron chi connectivity index (χ0n) is 21.2. The van der Waals surface area contributed by atoms with Crippen molar-refractivity contribution in [2.75, 3.05) is 44.6 Å². The minimum atomic E-state index is -0.412. The van der Waals surface area contributed by atoms with Gasteiger partial charge in [-0.15, -0.1) is 0 Å². The van der Waals surface area contributed by atoms with Crippen LogP contribution in [0.15, 0.2) is 41.3 Å².